The Morgan fingerprint density at radius 1 is 1.39 bits per heavy atom. The lowest BCUT2D eigenvalue weighted by molar-refractivity contribution is 0.0951. The van der Waals surface area contributed by atoms with Crippen LogP contribution < -0.4 is 10.0 Å². The third-order valence-corrected chi connectivity index (χ3v) is 3.36. The largest absolute Gasteiger partial charge is 0.349 e. The van der Waals surface area contributed by atoms with Crippen LogP contribution in [0.25, 0.3) is 0 Å². The number of nitrogens with one attached hydrogen (secondary N) is 2. The quantitative estimate of drug-likeness (QED) is 0.884. The lowest BCUT2D eigenvalue weighted by atomic mass is 10.2. The maximum absolute atomic E-state index is 11.9. The molecular weight excluding hydrogens is 276 g/mol. The SMILES string of the molecule is CS(=O)(=O)Nc1ccc(Cl)c(C(=O)NC2CC2)c1. The first-order valence-corrected chi connectivity index (χ1v) is 7.70. The van der Waals surface area contributed by atoms with Crippen molar-refractivity contribution in [3.05, 3.63) is 28.8 Å². The molecule has 5 nitrogen and oxygen atoms in total. The van der Waals surface area contributed by atoms with Crippen molar-refractivity contribution < 1.29 is 13.2 Å². The second kappa shape index (κ2) is 4.78. The standard InChI is InChI=1S/C11H13ClN2O3S/c1-18(16,17)14-8-4-5-10(12)9(6-8)11(15)13-7-2-3-7/h4-7,14H,2-3H2,1H3,(H,13,15). The Kier molecular flexibility index (Phi) is 3.49. The summed E-state index contributed by atoms with van der Waals surface area (Å²) in [6.45, 7) is 0. The van der Waals surface area contributed by atoms with Crippen molar-refractivity contribution in [3.63, 3.8) is 0 Å². The van der Waals surface area contributed by atoms with Gasteiger partial charge in [-0.1, -0.05) is 11.6 Å². The van der Waals surface area contributed by atoms with E-state index in [1.54, 1.807) is 0 Å². The summed E-state index contributed by atoms with van der Waals surface area (Å²) in [6, 6.07) is 4.66. The molecule has 98 valence electrons. The summed E-state index contributed by atoms with van der Waals surface area (Å²) in [6.07, 6.45) is 3.00. The van der Waals surface area contributed by atoms with Crippen molar-refractivity contribution in [3.8, 4) is 0 Å². The van der Waals surface area contributed by atoms with Gasteiger partial charge in [0.15, 0.2) is 0 Å². The second-order valence-electron chi connectivity index (χ2n) is 4.32. The first-order valence-electron chi connectivity index (χ1n) is 5.43. The van der Waals surface area contributed by atoms with Gasteiger partial charge in [0.2, 0.25) is 10.0 Å². The molecule has 0 bridgehead atoms. The summed E-state index contributed by atoms with van der Waals surface area (Å²) < 4.78 is 24.5. The van der Waals surface area contributed by atoms with Crippen LogP contribution in [0.5, 0.6) is 0 Å². The summed E-state index contributed by atoms with van der Waals surface area (Å²) in [4.78, 5) is 11.9. The first kappa shape index (κ1) is 13.2. The molecule has 0 aromatic heterocycles. The minimum atomic E-state index is -3.37. The Balaban J connectivity index is 2.22. The van der Waals surface area contributed by atoms with Crippen molar-refractivity contribution >= 4 is 33.2 Å². The van der Waals surface area contributed by atoms with E-state index in [1.807, 2.05) is 0 Å². The predicted molar refractivity (Wildman–Crippen MR) is 70.4 cm³/mol. The number of carbonyl (C=O) groups is 1. The molecule has 18 heavy (non-hydrogen) atoms. The number of halogens is 1. The molecule has 1 aliphatic rings. The van der Waals surface area contributed by atoms with Crippen molar-refractivity contribution in [2.75, 3.05) is 11.0 Å². The highest BCUT2D eigenvalue weighted by Gasteiger charge is 2.24. The van der Waals surface area contributed by atoms with E-state index < -0.39 is 10.0 Å². The van der Waals surface area contributed by atoms with Crippen LogP contribution in [0.1, 0.15) is 23.2 Å². The first-order chi connectivity index (χ1) is 8.35. The molecule has 0 atom stereocenters. The molecule has 1 aromatic rings. The molecule has 0 saturated heterocycles. The van der Waals surface area contributed by atoms with E-state index in [4.69, 9.17) is 11.6 Å². The van der Waals surface area contributed by atoms with E-state index in [1.165, 1.54) is 18.2 Å². The number of benzene rings is 1. The van der Waals surface area contributed by atoms with Crippen molar-refractivity contribution in [2.24, 2.45) is 0 Å². The molecule has 1 aliphatic carbocycles. The van der Waals surface area contributed by atoms with Crippen LogP contribution in [-0.2, 0) is 10.0 Å². The zero-order valence-electron chi connectivity index (χ0n) is 9.73. The lowest BCUT2D eigenvalue weighted by Gasteiger charge is -2.09. The summed E-state index contributed by atoms with van der Waals surface area (Å²) >= 11 is 5.93. The number of hydrogen-bond acceptors (Lipinski definition) is 3. The third-order valence-electron chi connectivity index (χ3n) is 2.43. The number of carbonyl (C=O) groups excluding carboxylic acids is 1. The molecule has 1 fully saturated rings. The second-order valence-corrected chi connectivity index (χ2v) is 6.47. The highest BCUT2D eigenvalue weighted by molar-refractivity contribution is 7.92. The molecule has 0 unspecified atom stereocenters. The van der Waals surface area contributed by atoms with Gasteiger partial charge >= 0.3 is 0 Å². The summed E-state index contributed by atoms with van der Waals surface area (Å²) in [5, 5.41) is 3.10. The zero-order chi connectivity index (χ0) is 13.3. The summed E-state index contributed by atoms with van der Waals surface area (Å²) in [5.74, 6) is -0.278. The molecule has 1 saturated carbocycles. The topological polar surface area (TPSA) is 75.3 Å². The van der Waals surface area contributed by atoms with Gasteiger partial charge in [-0.3, -0.25) is 9.52 Å². The van der Waals surface area contributed by atoms with Crippen LogP contribution in [0, 0.1) is 0 Å². The molecule has 2 N–H and O–H groups in total. The number of sulfonamides is 1. The number of amides is 1. The van der Waals surface area contributed by atoms with Crippen molar-refractivity contribution in [1.82, 2.24) is 5.32 Å². The smallest absolute Gasteiger partial charge is 0.253 e. The van der Waals surface area contributed by atoms with Crippen LogP contribution in [0.4, 0.5) is 5.69 Å². The highest BCUT2D eigenvalue weighted by atomic mass is 35.5. The molecule has 1 aromatic carbocycles. The Morgan fingerprint density at radius 3 is 2.61 bits per heavy atom. The molecule has 0 radical (unpaired) electrons. The maximum Gasteiger partial charge on any atom is 0.253 e. The Bertz CT molecular complexity index is 582. The number of hydrogen-bond donors (Lipinski definition) is 2. The molecule has 0 aliphatic heterocycles. The molecule has 0 spiro atoms. The molecular formula is C11H13ClN2O3S. The predicted octanol–water partition coefficient (Wildman–Crippen LogP) is 1.60. The van der Waals surface area contributed by atoms with Gasteiger partial charge in [0.25, 0.3) is 5.91 Å². The van der Waals surface area contributed by atoms with Gasteiger partial charge in [0.05, 0.1) is 16.8 Å². The van der Waals surface area contributed by atoms with Crippen molar-refractivity contribution in [2.45, 2.75) is 18.9 Å². The van der Waals surface area contributed by atoms with Gasteiger partial charge in [-0.25, -0.2) is 8.42 Å². The fraction of sp³-hybridized carbons (Fsp3) is 0.364. The van der Waals surface area contributed by atoms with Crippen LogP contribution in [-0.4, -0.2) is 26.6 Å². The van der Waals surface area contributed by atoms with E-state index in [2.05, 4.69) is 10.0 Å². The third kappa shape index (κ3) is 3.61. The van der Waals surface area contributed by atoms with Gasteiger partial charge in [-0.2, -0.15) is 0 Å². The van der Waals surface area contributed by atoms with E-state index in [-0.39, 0.29) is 17.5 Å². The molecule has 7 heteroatoms. The minimum absolute atomic E-state index is 0.222. The summed E-state index contributed by atoms with van der Waals surface area (Å²) in [5.41, 5.74) is 0.597. The summed E-state index contributed by atoms with van der Waals surface area (Å²) in [7, 11) is -3.37. The van der Waals surface area contributed by atoms with Gasteiger partial charge < -0.3 is 5.32 Å². The van der Waals surface area contributed by atoms with Crippen LogP contribution in [0.2, 0.25) is 5.02 Å². The van der Waals surface area contributed by atoms with E-state index in [0.717, 1.165) is 19.1 Å². The molecule has 1 amide bonds. The van der Waals surface area contributed by atoms with Gasteiger partial charge in [-0.15, -0.1) is 0 Å². The van der Waals surface area contributed by atoms with Gasteiger partial charge in [0.1, 0.15) is 0 Å². The Morgan fingerprint density at radius 2 is 2.06 bits per heavy atom. The average Bonchev–Trinajstić information content (AvgIpc) is 3.02. The van der Waals surface area contributed by atoms with Crippen LogP contribution in [0.3, 0.4) is 0 Å². The average molecular weight is 289 g/mol. The monoisotopic (exact) mass is 288 g/mol. The lowest BCUT2D eigenvalue weighted by Crippen LogP contribution is -2.25. The number of anilines is 1. The Labute approximate surface area is 111 Å². The fourth-order valence-electron chi connectivity index (χ4n) is 1.47. The number of rotatable bonds is 4. The van der Waals surface area contributed by atoms with E-state index in [9.17, 15) is 13.2 Å². The van der Waals surface area contributed by atoms with Gasteiger partial charge in [0, 0.05) is 11.7 Å². The van der Waals surface area contributed by atoms with E-state index >= 15 is 0 Å². The normalized spacial score (nSPS) is 15.2. The fourth-order valence-corrected chi connectivity index (χ4v) is 2.23. The minimum Gasteiger partial charge on any atom is -0.349 e. The molecule has 2 rings (SSSR count). The highest BCUT2D eigenvalue weighted by Crippen LogP contribution is 2.24. The maximum atomic E-state index is 11.9. The van der Waals surface area contributed by atoms with Gasteiger partial charge in [-0.05, 0) is 31.0 Å². The van der Waals surface area contributed by atoms with Crippen molar-refractivity contribution in [1.29, 1.82) is 0 Å². The van der Waals surface area contributed by atoms with E-state index in [0.29, 0.717) is 10.7 Å². The molecule has 0 heterocycles. The zero-order valence-corrected chi connectivity index (χ0v) is 11.3. The Hall–Kier alpha value is -1.27. The van der Waals surface area contributed by atoms with Crippen LogP contribution >= 0.6 is 11.6 Å². The van der Waals surface area contributed by atoms with Crippen LogP contribution in [0.15, 0.2) is 18.2 Å².